The molecule has 0 aliphatic carbocycles. The van der Waals surface area contributed by atoms with Crippen LogP contribution in [-0.4, -0.2) is 51.2 Å². The van der Waals surface area contributed by atoms with E-state index in [4.69, 9.17) is 9.26 Å². The summed E-state index contributed by atoms with van der Waals surface area (Å²) in [6.45, 7) is 12.3. The third kappa shape index (κ3) is 3.72. The molecule has 0 spiro atoms. The molecular formula is C15H24N6O2S. The monoisotopic (exact) mass is 352 g/mol. The second-order valence-electron chi connectivity index (χ2n) is 6.68. The molecule has 1 aliphatic rings. The van der Waals surface area contributed by atoms with Crippen LogP contribution in [0.15, 0.2) is 9.68 Å². The first-order chi connectivity index (χ1) is 11.5. The van der Waals surface area contributed by atoms with Crippen LogP contribution < -0.4 is 4.90 Å². The molecule has 0 atom stereocenters. The molecule has 3 rings (SSSR count). The van der Waals surface area contributed by atoms with Crippen molar-refractivity contribution in [1.29, 1.82) is 0 Å². The van der Waals surface area contributed by atoms with Crippen molar-refractivity contribution in [2.45, 2.75) is 50.6 Å². The van der Waals surface area contributed by atoms with Gasteiger partial charge in [0.05, 0.1) is 19.0 Å². The number of thioether (sulfide) groups is 1. The van der Waals surface area contributed by atoms with Crippen LogP contribution in [0.3, 0.4) is 0 Å². The summed E-state index contributed by atoms with van der Waals surface area (Å²) in [4.78, 5) is 6.68. The fourth-order valence-electron chi connectivity index (χ4n) is 2.41. The van der Waals surface area contributed by atoms with E-state index in [-0.39, 0.29) is 5.41 Å². The average Bonchev–Trinajstić information content (AvgIpc) is 3.20. The molecule has 0 amide bonds. The van der Waals surface area contributed by atoms with Crippen LogP contribution in [0.1, 0.15) is 39.4 Å². The Balaban J connectivity index is 1.69. The quantitative estimate of drug-likeness (QED) is 0.757. The lowest BCUT2D eigenvalue weighted by Crippen LogP contribution is -2.38. The topological polar surface area (TPSA) is 82.1 Å². The Morgan fingerprint density at radius 3 is 2.54 bits per heavy atom. The highest BCUT2D eigenvalue weighted by Gasteiger charge is 2.23. The van der Waals surface area contributed by atoms with Gasteiger partial charge in [0.15, 0.2) is 11.0 Å². The van der Waals surface area contributed by atoms with Gasteiger partial charge in [-0.2, -0.15) is 4.98 Å². The van der Waals surface area contributed by atoms with Gasteiger partial charge in [-0.25, -0.2) is 0 Å². The second kappa shape index (κ2) is 7.10. The summed E-state index contributed by atoms with van der Waals surface area (Å²) < 4.78 is 12.9. The van der Waals surface area contributed by atoms with Crippen molar-refractivity contribution < 1.29 is 9.26 Å². The van der Waals surface area contributed by atoms with Crippen LogP contribution in [0.4, 0.5) is 5.95 Å². The molecule has 8 nitrogen and oxygen atoms in total. The first-order valence-corrected chi connectivity index (χ1v) is 9.19. The lowest BCUT2D eigenvalue weighted by atomic mass is 9.97. The molecule has 0 bridgehead atoms. The van der Waals surface area contributed by atoms with E-state index in [1.165, 1.54) is 0 Å². The predicted octanol–water partition coefficient (Wildman–Crippen LogP) is 2.11. The third-order valence-electron chi connectivity index (χ3n) is 3.75. The summed E-state index contributed by atoms with van der Waals surface area (Å²) in [5.41, 5.74) is -0.136. The Hall–Kier alpha value is -1.61. The number of morpholine rings is 1. The molecule has 24 heavy (non-hydrogen) atoms. The number of hydrogen-bond donors (Lipinski definition) is 0. The molecule has 0 N–H and O–H groups in total. The lowest BCUT2D eigenvalue weighted by Gasteiger charge is -2.27. The Bertz CT molecular complexity index is 672. The molecule has 9 heteroatoms. The zero-order valence-corrected chi connectivity index (χ0v) is 15.5. The van der Waals surface area contributed by atoms with Gasteiger partial charge in [-0.05, 0) is 6.92 Å². The number of hydrogen-bond acceptors (Lipinski definition) is 8. The van der Waals surface area contributed by atoms with Crippen LogP contribution in [0, 0.1) is 0 Å². The molecule has 2 aromatic rings. The molecule has 0 radical (unpaired) electrons. The van der Waals surface area contributed by atoms with Crippen LogP contribution in [0.5, 0.6) is 0 Å². The first kappa shape index (κ1) is 17.2. The summed E-state index contributed by atoms with van der Waals surface area (Å²) in [7, 11) is 0. The Labute approximate surface area is 146 Å². The van der Waals surface area contributed by atoms with Crippen LogP contribution in [-0.2, 0) is 22.4 Å². The normalized spacial score (nSPS) is 15.9. The van der Waals surface area contributed by atoms with Gasteiger partial charge in [-0.3, -0.25) is 4.57 Å². The van der Waals surface area contributed by atoms with Gasteiger partial charge >= 0.3 is 0 Å². The number of rotatable bonds is 5. The van der Waals surface area contributed by atoms with Crippen molar-refractivity contribution in [3.8, 4) is 0 Å². The van der Waals surface area contributed by atoms with E-state index < -0.39 is 0 Å². The highest BCUT2D eigenvalue weighted by Crippen LogP contribution is 2.26. The SMILES string of the molecule is CCn1c(SCc2noc(C(C)(C)C)n2)nnc1N1CCOCC1. The number of nitrogens with zero attached hydrogens (tertiary/aromatic N) is 6. The minimum atomic E-state index is -0.136. The Morgan fingerprint density at radius 2 is 1.92 bits per heavy atom. The number of aromatic nitrogens is 5. The van der Waals surface area contributed by atoms with E-state index in [9.17, 15) is 0 Å². The van der Waals surface area contributed by atoms with E-state index in [2.05, 4.69) is 57.5 Å². The summed E-state index contributed by atoms with van der Waals surface area (Å²) in [5.74, 6) is 2.86. The van der Waals surface area contributed by atoms with Gasteiger partial charge in [0.25, 0.3) is 0 Å². The molecule has 132 valence electrons. The van der Waals surface area contributed by atoms with E-state index in [1.54, 1.807) is 11.8 Å². The minimum absolute atomic E-state index is 0.136. The fourth-order valence-corrected chi connectivity index (χ4v) is 3.25. The first-order valence-electron chi connectivity index (χ1n) is 8.21. The lowest BCUT2D eigenvalue weighted by molar-refractivity contribution is 0.121. The Morgan fingerprint density at radius 1 is 1.17 bits per heavy atom. The molecule has 0 unspecified atom stereocenters. The maximum Gasteiger partial charge on any atom is 0.232 e. The van der Waals surface area contributed by atoms with E-state index >= 15 is 0 Å². The van der Waals surface area contributed by atoms with E-state index in [1.807, 2.05) is 0 Å². The van der Waals surface area contributed by atoms with Crippen LogP contribution in [0.2, 0.25) is 0 Å². The summed E-state index contributed by atoms with van der Waals surface area (Å²) >= 11 is 1.58. The molecule has 3 heterocycles. The maximum atomic E-state index is 5.41. The van der Waals surface area contributed by atoms with E-state index in [0.717, 1.165) is 44.0 Å². The molecule has 0 saturated carbocycles. The highest BCUT2D eigenvalue weighted by molar-refractivity contribution is 7.98. The van der Waals surface area contributed by atoms with Gasteiger partial charge in [0.1, 0.15) is 0 Å². The van der Waals surface area contributed by atoms with Gasteiger partial charge in [0.2, 0.25) is 11.8 Å². The molecule has 1 aliphatic heterocycles. The smallest absolute Gasteiger partial charge is 0.232 e. The van der Waals surface area contributed by atoms with Crippen molar-refractivity contribution in [3.05, 3.63) is 11.7 Å². The minimum Gasteiger partial charge on any atom is -0.378 e. The molecule has 1 saturated heterocycles. The summed E-state index contributed by atoms with van der Waals surface area (Å²) in [5, 5.41) is 13.6. The number of ether oxygens (including phenoxy) is 1. The van der Waals surface area contributed by atoms with E-state index in [0.29, 0.717) is 17.5 Å². The molecule has 2 aromatic heterocycles. The predicted molar refractivity (Wildman–Crippen MR) is 91.3 cm³/mol. The third-order valence-corrected chi connectivity index (χ3v) is 4.71. The zero-order chi connectivity index (χ0) is 17.2. The van der Waals surface area contributed by atoms with Crippen molar-refractivity contribution in [2.24, 2.45) is 0 Å². The summed E-state index contributed by atoms with van der Waals surface area (Å²) in [6.07, 6.45) is 0. The zero-order valence-electron chi connectivity index (χ0n) is 14.7. The largest absolute Gasteiger partial charge is 0.378 e. The van der Waals surface area contributed by atoms with Crippen molar-refractivity contribution >= 4 is 17.7 Å². The standard InChI is InChI=1S/C15H24N6O2S/c1-5-21-13(20-6-8-22-9-7-20)17-18-14(21)24-10-11-16-12(23-19-11)15(2,3)4/h5-10H2,1-4H3. The van der Waals surface area contributed by atoms with Gasteiger partial charge in [-0.1, -0.05) is 37.7 Å². The maximum absolute atomic E-state index is 5.41. The van der Waals surface area contributed by atoms with Crippen LogP contribution >= 0.6 is 11.8 Å². The average molecular weight is 352 g/mol. The van der Waals surface area contributed by atoms with Gasteiger partial charge in [0, 0.05) is 25.0 Å². The molecular weight excluding hydrogens is 328 g/mol. The van der Waals surface area contributed by atoms with Crippen molar-refractivity contribution in [2.75, 3.05) is 31.2 Å². The fraction of sp³-hybridized carbons (Fsp3) is 0.733. The van der Waals surface area contributed by atoms with Gasteiger partial charge in [-0.15, -0.1) is 10.2 Å². The molecule has 0 aromatic carbocycles. The summed E-state index contributed by atoms with van der Waals surface area (Å²) in [6, 6.07) is 0. The van der Waals surface area contributed by atoms with Gasteiger partial charge < -0.3 is 14.2 Å². The molecule has 1 fully saturated rings. The number of anilines is 1. The highest BCUT2D eigenvalue weighted by atomic mass is 32.2. The van der Waals surface area contributed by atoms with Crippen molar-refractivity contribution in [1.82, 2.24) is 24.9 Å². The van der Waals surface area contributed by atoms with Crippen LogP contribution in [0.25, 0.3) is 0 Å². The van der Waals surface area contributed by atoms with Crippen molar-refractivity contribution in [3.63, 3.8) is 0 Å². The second-order valence-corrected chi connectivity index (χ2v) is 7.62. The Kier molecular flexibility index (Phi) is 5.09.